The van der Waals surface area contributed by atoms with E-state index in [1.165, 1.54) is 4.90 Å². The van der Waals surface area contributed by atoms with Gasteiger partial charge in [-0.25, -0.2) is 4.79 Å². The predicted octanol–water partition coefficient (Wildman–Crippen LogP) is 1.77. The van der Waals surface area contributed by atoms with Crippen LogP contribution in [0.5, 0.6) is 0 Å². The number of hydrogen-bond acceptors (Lipinski definition) is 3. The Morgan fingerprint density at radius 2 is 1.74 bits per heavy atom. The van der Waals surface area contributed by atoms with Crippen molar-refractivity contribution in [2.75, 3.05) is 24.5 Å². The molecule has 2 aliphatic rings. The third kappa shape index (κ3) is 2.81. The highest BCUT2D eigenvalue weighted by atomic mass is 16.2. The second-order valence-corrected chi connectivity index (χ2v) is 6.18. The number of rotatable bonds is 3. The highest BCUT2D eigenvalue weighted by molar-refractivity contribution is 6.15. The van der Waals surface area contributed by atoms with Crippen molar-refractivity contribution in [2.24, 2.45) is 0 Å². The van der Waals surface area contributed by atoms with Gasteiger partial charge in [-0.2, -0.15) is 0 Å². The summed E-state index contributed by atoms with van der Waals surface area (Å²) in [5.41, 5.74) is 1.76. The molecule has 6 heteroatoms. The molecule has 0 radical (unpaired) electrons. The summed E-state index contributed by atoms with van der Waals surface area (Å²) in [4.78, 5) is 41.5. The lowest BCUT2D eigenvalue weighted by Crippen LogP contribution is -2.42. The van der Waals surface area contributed by atoms with Crippen molar-refractivity contribution in [1.29, 1.82) is 0 Å². The van der Waals surface area contributed by atoms with Crippen molar-refractivity contribution in [1.82, 2.24) is 9.80 Å². The molecule has 0 spiro atoms. The monoisotopic (exact) mass is 315 g/mol. The number of urea groups is 1. The summed E-state index contributed by atoms with van der Waals surface area (Å²) in [5.74, 6) is -0.467. The molecule has 2 heterocycles. The maximum absolute atomic E-state index is 12.6. The SMILES string of the molecule is Cc1ccc(N2C(=O)N(CC(=O)N3CCCC3)C(=O)C2C)cc1. The maximum Gasteiger partial charge on any atom is 0.332 e. The number of aryl methyl sites for hydroxylation is 1. The molecule has 2 saturated heterocycles. The van der Waals surface area contributed by atoms with Crippen LogP contribution >= 0.6 is 0 Å². The van der Waals surface area contributed by atoms with E-state index in [0.717, 1.165) is 23.3 Å². The van der Waals surface area contributed by atoms with E-state index in [2.05, 4.69) is 0 Å². The number of anilines is 1. The summed E-state index contributed by atoms with van der Waals surface area (Å²) in [6.45, 7) is 4.93. The quantitative estimate of drug-likeness (QED) is 0.799. The molecule has 0 aliphatic carbocycles. The van der Waals surface area contributed by atoms with Crippen molar-refractivity contribution in [3.63, 3.8) is 0 Å². The fourth-order valence-electron chi connectivity index (χ4n) is 3.11. The number of carbonyl (C=O) groups excluding carboxylic acids is 3. The van der Waals surface area contributed by atoms with Gasteiger partial charge in [0.2, 0.25) is 5.91 Å². The van der Waals surface area contributed by atoms with Crippen LogP contribution in [0.25, 0.3) is 0 Å². The van der Waals surface area contributed by atoms with Gasteiger partial charge in [0.25, 0.3) is 5.91 Å². The predicted molar refractivity (Wildman–Crippen MR) is 86.0 cm³/mol. The van der Waals surface area contributed by atoms with Gasteiger partial charge in [-0.1, -0.05) is 17.7 Å². The van der Waals surface area contributed by atoms with Gasteiger partial charge >= 0.3 is 6.03 Å². The standard InChI is InChI=1S/C17H21N3O3/c1-12-5-7-14(8-6-12)20-13(2)16(22)19(17(20)23)11-15(21)18-9-3-4-10-18/h5-8,13H,3-4,9-11H2,1-2H3. The molecule has 1 aromatic rings. The van der Waals surface area contributed by atoms with E-state index in [9.17, 15) is 14.4 Å². The zero-order valence-electron chi connectivity index (χ0n) is 13.5. The van der Waals surface area contributed by atoms with Gasteiger partial charge in [0, 0.05) is 18.8 Å². The fourth-order valence-corrected chi connectivity index (χ4v) is 3.11. The topological polar surface area (TPSA) is 60.9 Å². The van der Waals surface area contributed by atoms with Crippen molar-refractivity contribution < 1.29 is 14.4 Å². The van der Waals surface area contributed by atoms with Crippen LogP contribution in [0.3, 0.4) is 0 Å². The van der Waals surface area contributed by atoms with Crippen molar-refractivity contribution in [2.45, 2.75) is 32.7 Å². The summed E-state index contributed by atoms with van der Waals surface area (Å²) in [6.07, 6.45) is 1.97. The van der Waals surface area contributed by atoms with Crippen molar-refractivity contribution >= 4 is 23.5 Å². The molecule has 2 aliphatic heterocycles. The van der Waals surface area contributed by atoms with Crippen LogP contribution in [0.15, 0.2) is 24.3 Å². The fraction of sp³-hybridized carbons (Fsp3) is 0.471. The highest BCUT2D eigenvalue weighted by Gasteiger charge is 2.44. The summed E-state index contributed by atoms with van der Waals surface area (Å²) in [6, 6.07) is 6.44. The van der Waals surface area contributed by atoms with Crippen molar-refractivity contribution in [3.05, 3.63) is 29.8 Å². The molecule has 1 atom stereocenters. The van der Waals surface area contributed by atoms with E-state index in [1.807, 2.05) is 31.2 Å². The van der Waals surface area contributed by atoms with E-state index < -0.39 is 12.1 Å². The third-order valence-electron chi connectivity index (χ3n) is 4.51. The molecule has 23 heavy (non-hydrogen) atoms. The number of imide groups is 1. The van der Waals surface area contributed by atoms with Crippen LogP contribution in [-0.4, -0.2) is 53.3 Å². The van der Waals surface area contributed by atoms with Crippen LogP contribution in [0.4, 0.5) is 10.5 Å². The molecule has 1 unspecified atom stereocenters. The Morgan fingerprint density at radius 1 is 1.13 bits per heavy atom. The van der Waals surface area contributed by atoms with Crippen LogP contribution in [0.1, 0.15) is 25.3 Å². The Kier molecular flexibility index (Phi) is 4.07. The Labute approximate surface area is 135 Å². The lowest BCUT2D eigenvalue weighted by Gasteiger charge is -2.21. The largest absolute Gasteiger partial charge is 0.341 e. The molecule has 0 saturated carbocycles. The van der Waals surface area contributed by atoms with Crippen molar-refractivity contribution in [3.8, 4) is 0 Å². The van der Waals surface area contributed by atoms with Gasteiger partial charge in [0.15, 0.2) is 0 Å². The Balaban J connectivity index is 1.77. The summed E-state index contributed by atoms with van der Waals surface area (Å²) in [7, 11) is 0. The van der Waals surface area contributed by atoms with Gasteiger partial charge in [0.1, 0.15) is 12.6 Å². The summed E-state index contributed by atoms with van der Waals surface area (Å²) in [5, 5.41) is 0. The van der Waals surface area contributed by atoms with Gasteiger partial charge < -0.3 is 4.90 Å². The first kappa shape index (κ1) is 15.5. The number of hydrogen-bond donors (Lipinski definition) is 0. The number of benzene rings is 1. The highest BCUT2D eigenvalue weighted by Crippen LogP contribution is 2.26. The van der Waals surface area contributed by atoms with E-state index in [0.29, 0.717) is 18.8 Å². The smallest absolute Gasteiger partial charge is 0.332 e. The third-order valence-corrected chi connectivity index (χ3v) is 4.51. The van der Waals surface area contributed by atoms with Crippen LogP contribution in [0.2, 0.25) is 0 Å². The molecule has 0 bridgehead atoms. The van der Waals surface area contributed by atoms with E-state index in [1.54, 1.807) is 11.8 Å². The molecule has 4 amide bonds. The zero-order chi connectivity index (χ0) is 16.6. The first-order chi connectivity index (χ1) is 11.0. The first-order valence-electron chi connectivity index (χ1n) is 7.98. The molecule has 0 N–H and O–H groups in total. The lowest BCUT2D eigenvalue weighted by atomic mass is 10.2. The second-order valence-electron chi connectivity index (χ2n) is 6.18. The minimum atomic E-state index is -0.586. The number of nitrogens with zero attached hydrogens (tertiary/aromatic N) is 3. The van der Waals surface area contributed by atoms with E-state index in [4.69, 9.17) is 0 Å². The Bertz CT molecular complexity index is 635. The summed E-state index contributed by atoms with van der Waals surface area (Å²) >= 11 is 0. The summed E-state index contributed by atoms with van der Waals surface area (Å²) < 4.78 is 0. The Morgan fingerprint density at radius 3 is 2.35 bits per heavy atom. The second kappa shape index (κ2) is 6.02. The van der Waals surface area contributed by atoms with Gasteiger partial charge in [-0.15, -0.1) is 0 Å². The molecule has 2 fully saturated rings. The number of carbonyl (C=O) groups is 3. The van der Waals surface area contributed by atoms with E-state index in [-0.39, 0.29) is 18.4 Å². The first-order valence-corrected chi connectivity index (χ1v) is 7.98. The average Bonchev–Trinajstić information content (AvgIpc) is 3.13. The Hall–Kier alpha value is -2.37. The minimum absolute atomic E-state index is 0.151. The van der Waals surface area contributed by atoms with E-state index >= 15 is 0 Å². The number of likely N-dealkylation sites (tertiary alicyclic amines) is 1. The van der Waals surface area contributed by atoms with Crippen LogP contribution < -0.4 is 4.90 Å². The maximum atomic E-state index is 12.6. The molecular weight excluding hydrogens is 294 g/mol. The molecule has 0 aromatic heterocycles. The molecule has 1 aromatic carbocycles. The zero-order valence-corrected chi connectivity index (χ0v) is 13.5. The number of amides is 4. The molecule has 122 valence electrons. The average molecular weight is 315 g/mol. The van der Waals surface area contributed by atoms with Crippen LogP contribution in [-0.2, 0) is 9.59 Å². The lowest BCUT2D eigenvalue weighted by molar-refractivity contribution is -0.136. The normalized spacial score (nSPS) is 21.5. The molecule has 6 nitrogen and oxygen atoms in total. The minimum Gasteiger partial charge on any atom is -0.341 e. The van der Waals surface area contributed by atoms with Gasteiger partial charge in [-0.05, 0) is 38.8 Å². The van der Waals surface area contributed by atoms with Gasteiger partial charge in [0.05, 0.1) is 0 Å². The molecular formula is C17H21N3O3. The van der Waals surface area contributed by atoms with Crippen LogP contribution in [0, 0.1) is 6.92 Å². The van der Waals surface area contributed by atoms with Gasteiger partial charge in [-0.3, -0.25) is 19.4 Å². The molecule has 3 rings (SSSR count).